The van der Waals surface area contributed by atoms with Crippen molar-refractivity contribution in [3.8, 4) is 0 Å². The number of rotatable bonds is 11. The molecule has 0 aliphatic carbocycles. The predicted octanol–water partition coefficient (Wildman–Crippen LogP) is 2.85. The van der Waals surface area contributed by atoms with Gasteiger partial charge >= 0.3 is 0 Å². The number of sulfonamides is 1. The lowest BCUT2D eigenvalue weighted by molar-refractivity contribution is -0.140. The molecule has 9 heteroatoms. The molecule has 35 heavy (non-hydrogen) atoms. The highest BCUT2D eigenvalue weighted by atomic mass is 32.2. The van der Waals surface area contributed by atoms with Crippen LogP contribution in [0.2, 0.25) is 0 Å². The number of hydrogen-bond acceptors (Lipinski definition) is 5. The molecule has 0 saturated carbocycles. The Morgan fingerprint density at radius 3 is 2.40 bits per heavy atom. The Hall–Kier alpha value is -3.98. The van der Waals surface area contributed by atoms with Crippen LogP contribution in [0.4, 0.5) is 0 Å². The third-order valence-corrected chi connectivity index (χ3v) is 6.17. The minimum absolute atomic E-state index is 0.00113. The zero-order chi connectivity index (χ0) is 25.3. The number of nitrogens with one attached hydrogen (secondary N) is 1. The lowest BCUT2D eigenvalue weighted by Crippen LogP contribution is -2.44. The minimum atomic E-state index is -4.12. The third kappa shape index (κ3) is 7.79. The third-order valence-electron chi connectivity index (χ3n) is 5.19. The highest BCUT2D eigenvalue weighted by Crippen LogP contribution is 2.14. The molecule has 0 aliphatic heterocycles. The molecule has 2 amide bonds. The van der Waals surface area contributed by atoms with Crippen molar-refractivity contribution >= 4 is 27.9 Å². The van der Waals surface area contributed by atoms with Crippen LogP contribution in [-0.2, 0) is 32.6 Å². The van der Waals surface area contributed by atoms with Crippen molar-refractivity contribution in [3.63, 3.8) is 0 Å². The van der Waals surface area contributed by atoms with Gasteiger partial charge < -0.3 is 4.90 Å². The maximum atomic E-state index is 13.0. The van der Waals surface area contributed by atoms with E-state index in [-0.39, 0.29) is 13.0 Å². The number of carbonyl (C=O) groups excluding carboxylic acids is 2. The van der Waals surface area contributed by atoms with Gasteiger partial charge in [0.1, 0.15) is 5.92 Å². The first-order valence-corrected chi connectivity index (χ1v) is 12.5. The van der Waals surface area contributed by atoms with Crippen molar-refractivity contribution in [1.29, 1.82) is 0 Å². The fourth-order valence-corrected chi connectivity index (χ4v) is 4.25. The van der Waals surface area contributed by atoms with E-state index in [9.17, 15) is 18.0 Å². The minimum Gasteiger partial charge on any atom is -0.341 e. The van der Waals surface area contributed by atoms with Gasteiger partial charge in [-0.2, -0.15) is 5.10 Å². The molecule has 3 rings (SSSR count). The summed E-state index contributed by atoms with van der Waals surface area (Å²) in [7, 11) is -2.58. The van der Waals surface area contributed by atoms with Gasteiger partial charge in [-0.3, -0.25) is 14.3 Å². The second-order valence-corrected chi connectivity index (χ2v) is 9.59. The maximum absolute atomic E-state index is 13.0. The average molecular weight is 493 g/mol. The zero-order valence-corrected chi connectivity index (χ0v) is 20.3. The first kappa shape index (κ1) is 25.6. The topological polar surface area (TPSA) is 101 Å². The van der Waals surface area contributed by atoms with Crippen LogP contribution in [0.5, 0.6) is 0 Å². The number of amides is 2. The van der Waals surface area contributed by atoms with Gasteiger partial charge in [0.2, 0.25) is 11.8 Å². The summed E-state index contributed by atoms with van der Waals surface area (Å²) >= 11 is 0. The Morgan fingerprint density at radius 2 is 1.74 bits per heavy atom. The summed E-state index contributed by atoms with van der Waals surface area (Å²) in [4.78, 5) is 27.3. The molecule has 0 radical (unpaired) electrons. The summed E-state index contributed by atoms with van der Waals surface area (Å²) < 4.78 is 28.8. The van der Waals surface area contributed by atoms with Crippen molar-refractivity contribution < 1.29 is 18.0 Å². The number of aromatic nitrogens is 2. The summed E-state index contributed by atoms with van der Waals surface area (Å²) in [5, 5.41) is 5.23. The molecule has 182 valence electrons. The number of benzene rings is 2. The van der Waals surface area contributed by atoms with Crippen molar-refractivity contribution in [3.05, 3.63) is 108 Å². The van der Waals surface area contributed by atoms with E-state index in [1.165, 1.54) is 24.1 Å². The Kier molecular flexibility index (Phi) is 8.74. The van der Waals surface area contributed by atoms with Gasteiger partial charge in [-0.05, 0) is 29.2 Å². The summed E-state index contributed by atoms with van der Waals surface area (Å²) in [6.45, 7) is 4.36. The predicted molar refractivity (Wildman–Crippen MR) is 135 cm³/mol. The van der Waals surface area contributed by atoms with Crippen LogP contribution in [-0.4, -0.2) is 48.5 Å². The van der Waals surface area contributed by atoms with Gasteiger partial charge in [-0.1, -0.05) is 66.7 Å². The molecular formula is C26H28N4O4S. The van der Waals surface area contributed by atoms with Crippen LogP contribution in [0.3, 0.4) is 0 Å². The van der Waals surface area contributed by atoms with E-state index in [1.807, 2.05) is 41.1 Å². The Morgan fingerprint density at radius 1 is 1.09 bits per heavy atom. The molecule has 1 aromatic heterocycles. The van der Waals surface area contributed by atoms with Crippen molar-refractivity contribution in [2.45, 2.75) is 13.0 Å². The van der Waals surface area contributed by atoms with E-state index >= 15 is 0 Å². The molecule has 1 atom stereocenters. The number of hydrogen-bond donors (Lipinski definition) is 1. The SMILES string of the molecule is C=CCN(C)C(=O)C(Cc1cnn(Cc2ccccc2)c1)C(=O)NS(=O)(=O)/C=C/c1ccccc1. The number of carbonyl (C=O) groups is 2. The molecule has 1 heterocycles. The van der Waals surface area contributed by atoms with Crippen LogP contribution in [0.1, 0.15) is 16.7 Å². The summed E-state index contributed by atoms with van der Waals surface area (Å²) in [6.07, 6.45) is 6.23. The Bertz CT molecular complexity index is 1290. The van der Waals surface area contributed by atoms with Gasteiger partial charge in [0, 0.05) is 19.8 Å². The normalized spacial score (nSPS) is 12.3. The monoisotopic (exact) mass is 492 g/mol. The van der Waals surface area contributed by atoms with Gasteiger partial charge in [0.05, 0.1) is 18.1 Å². The fourth-order valence-electron chi connectivity index (χ4n) is 3.42. The van der Waals surface area contributed by atoms with Crippen LogP contribution in [0.15, 0.2) is 91.1 Å². The van der Waals surface area contributed by atoms with E-state index in [2.05, 4.69) is 11.7 Å². The standard InChI is InChI=1S/C26H28N4O4S/c1-3-15-29(2)26(32)24(17-23-18-27-30(20-23)19-22-12-8-5-9-13-22)25(31)28-35(33,34)16-14-21-10-6-4-7-11-21/h3-14,16,18,20,24H,1,15,17,19H2,2H3,(H,28,31)/b16-14+. The van der Waals surface area contributed by atoms with Gasteiger partial charge in [0.25, 0.3) is 10.0 Å². The largest absolute Gasteiger partial charge is 0.341 e. The molecule has 1 unspecified atom stereocenters. The van der Waals surface area contributed by atoms with E-state index in [0.29, 0.717) is 17.7 Å². The van der Waals surface area contributed by atoms with Crippen molar-refractivity contribution in [2.24, 2.45) is 5.92 Å². The van der Waals surface area contributed by atoms with Crippen molar-refractivity contribution in [1.82, 2.24) is 19.4 Å². The molecule has 0 bridgehead atoms. The Balaban J connectivity index is 1.76. The molecular weight excluding hydrogens is 464 g/mol. The van der Waals surface area contributed by atoms with E-state index < -0.39 is 27.8 Å². The second kappa shape index (κ2) is 11.9. The molecule has 8 nitrogen and oxygen atoms in total. The Labute approximate surface area is 205 Å². The average Bonchev–Trinajstić information content (AvgIpc) is 3.29. The maximum Gasteiger partial charge on any atom is 0.257 e. The van der Waals surface area contributed by atoms with E-state index in [0.717, 1.165) is 11.0 Å². The first-order valence-electron chi connectivity index (χ1n) is 11.0. The fraction of sp³-hybridized carbons (Fsp3) is 0.192. The van der Waals surface area contributed by atoms with Crippen LogP contribution < -0.4 is 4.72 Å². The lowest BCUT2D eigenvalue weighted by atomic mass is 9.99. The molecule has 0 saturated heterocycles. The highest BCUT2D eigenvalue weighted by Gasteiger charge is 2.31. The molecule has 0 spiro atoms. The summed E-state index contributed by atoms with van der Waals surface area (Å²) in [5.74, 6) is -2.67. The molecule has 1 N–H and O–H groups in total. The number of likely N-dealkylation sites (N-methyl/N-ethyl adjacent to an activating group) is 1. The van der Waals surface area contributed by atoms with E-state index in [1.54, 1.807) is 41.3 Å². The van der Waals surface area contributed by atoms with Crippen LogP contribution in [0.25, 0.3) is 6.08 Å². The van der Waals surface area contributed by atoms with Gasteiger partial charge in [-0.15, -0.1) is 6.58 Å². The molecule has 0 aliphatic rings. The summed E-state index contributed by atoms with van der Waals surface area (Å²) in [5.41, 5.74) is 2.35. The molecule has 2 aromatic carbocycles. The zero-order valence-electron chi connectivity index (χ0n) is 19.4. The number of nitrogens with zero attached hydrogens (tertiary/aromatic N) is 3. The van der Waals surface area contributed by atoms with Crippen molar-refractivity contribution in [2.75, 3.05) is 13.6 Å². The first-order chi connectivity index (χ1) is 16.8. The quantitative estimate of drug-likeness (QED) is 0.328. The van der Waals surface area contributed by atoms with Crippen LogP contribution in [0, 0.1) is 5.92 Å². The molecule has 3 aromatic rings. The summed E-state index contributed by atoms with van der Waals surface area (Å²) in [6, 6.07) is 18.6. The van der Waals surface area contributed by atoms with E-state index in [4.69, 9.17) is 0 Å². The van der Waals surface area contributed by atoms with Gasteiger partial charge in [0.15, 0.2) is 0 Å². The highest BCUT2D eigenvalue weighted by molar-refractivity contribution is 7.93. The lowest BCUT2D eigenvalue weighted by Gasteiger charge is -2.21. The van der Waals surface area contributed by atoms with Crippen LogP contribution >= 0.6 is 0 Å². The second-order valence-electron chi connectivity index (χ2n) is 8.02. The van der Waals surface area contributed by atoms with Gasteiger partial charge in [-0.25, -0.2) is 13.1 Å². The smallest absolute Gasteiger partial charge is 0.257 e. The molecule has 0 fully saturated rings.